The number of phosphoric acid groups is 2. The molecule has 0 heterocycles. The SMILES string of the molecule is CC/C=C\C/C=C\C/C=C\C/C=C\C/C=C\CCCCCCCCCCCC(=O)OCC(O)COP(=O)(O)OCC(O)COP(=O)(O)OCC(COC(=O)CCCCCCC/C=C\C/C=C\C/C=C\CC)OC(=O)CCCCCCCCCCCCCCC. The fourth-order valence-corrected chi connectivity index (χ4v) is 10.7. The third-order valence-corrected chi connectivity index (χ3v) is 16.2. The van der Waals surface area contributed by atoms with Crippen LogP contribution in [-0.4, -0.2) is 95.9 Å². The summed E-state index contributed by atoms with van der Waals surface area (Å²) in [6.07, 6.45) is 70.3. The minimum absolute atomic E-state index is 0.104. The van der Waals surface area contributed by atoms with E-state index in [2.05, 4.69) is 118 Å². The van der Waals surface area contributed by atoms with Crippen LogP contribution in [-0.2, 0) is 55.8 Å². The molecule has 5 atom stereocenters. The van der Waals surface area contributed by atoms with Crippen molar-refractivity contribution in [1.82, 2.24) is 0 Å². The number of allylic oxidation sites excluding steroid dienone is 16. The van der Waals surface area contributed by atoms with Crippen LogP contribution < -0.4 is 0 Å². The summed E-state index contributed by atoms with van der Waals surface area (Å²) in [6, 6.07) is 0. The second-order valence-corrected chi connectivity index (χ2v) is 25.8. The van der Waals surface area contributed by atoms with Crippen LogP contribution in [0.4, 0.5) is 0 Å². The predicted molar refractivity (Wildman–Crippen MR) is 362 cm³/mol. The molecule has 0 fully saturated rings. The lowest BCUT2D eigenvalue weighted by atomic mass is 10.0. The summed E-state index contributed by atoms with van der Waals surface area (Å²) in [7, 11) is -9.77. The molecule has 0 aromatic rings. The zero-order valence-corrected chi connectivity index (χ0v) is 57.4. The van der Waals surface area contributed by atoms with Crippen molar-refractivity contribution in [2.24, 2.45) is 0 Å². The van der Waals surface area contributed by atoms with Crippen molar-refractivity contribution in [3.63, 3.8) is 0 Å². The number of rotatable bonds is 65. The molecule has 18 heteroatoms. The number of aliphatic hydroxyl groups is 2. The lowest BCUT2D eigenvalue weighted by molar-refractivity contribution is -0.161. The highest BCUT2D eigenvalue weighted by Crippen LogP contribution is 2.45. The van der Waals surface area contributed by atoms with Crippen LogP contribution in [0.5, 0.6) is 0 Å². The first kappa shape index (κ1) is 85.5. The van der Waals surface area contributed by atoms with E-state index in [1.54, 1.807) is 0 Å². The van der Waals surface area contributed by atoms with E-state index < -0.39 is 91.5 Å². The Kier molecular flexibility index (Phi) is 62.0. The summed E-state index contributed by atoms with van der Waals surface area (Å²) in [5.74, 6) is -1.59. The maximum Gasteiger partial charge on any atom is 0.472 e. The van der Waals surface area contributed by atoms with Gasteiger partial charge in [0.05, 0.1) is 26.4 Å². The van der Waals surface area contributed by atoms with Gasteiger partial charge in [-0.05, 0) is 96.3 Å². The first-order chi connectivity index (χ1) is 43.2. The van der Waals surface area contributed by atoms with Crippen LogP contribution in [0.15, 0.2) is 97.2 Å². The molecule has 0 radical (unpaired) electrons. The highest BCUT2D eigenvalue weighted by molar-refractivity contribution is 7.47. The predicted octanol–water partition coefficient (Wildman–Crippen LogP) is 19.1. The minimum atomic E-state index is -4.92. The molecule has 89 heavy (non-hydrogen) atoms. The Hall–Kier alpha value is -3.53. The summed E-state index contributed by atoms with van der Waals surface area (Å²) >= 11 is 0. The van der Waals surface area contributed by atoms with Crippen molar-refractivity contribution in [2.45, 2.75) is 296 Å². The Morgan fingerprint density at radius 3 is 0.944 bits per heavy atom. The summed E-state index contributed by atoms with van der Waals surface area (Å²) in [4.78, 5) is 58.3. The smallest absolute Gasteiger partial charge is 0.463 e. The van der Waals surface area contributed by atoms with E-state index in [9.17, 15) is 43.5 Å². The second-order valence-electron chi connectivity index (χ2n) is 22.9. The van der Waals surface area contributed by atoms with E-state index in [4.69, 9.17) is 32.3 Å². The van der Waals surface area contributed by atoms with Gasteiger partial charge in [0.25, 0.3) is 0 Å². The van der Waals surface area contributed by atoms with Crippen LogP contribution in [0.3, 0.4) is 0 Å². The summed E-state index contributed by atoms with van der Waals surface area (Å²) in [5.41, 5.74) is 0. The number of hydrogen-bond acceptors (Lipinski definition) is 14. The molecular formula is C71H124O16P2. The third kappa shape index (κ3) is 65.8. The maximum atomic E-state index is 12.9. The molecule has 0 aromatic heterocycles. The van der Waals surface area contributed by atoms with E-state index in [-0.39, 0.29) is 19.3 Å². The van der Waals surface area contributed by atoms with Crippen LogP contribution in [0, 0.1) is 0 Å². The fourth-order valence-electron chi connectivity index (χ4n) is 9.08. The van der Waals surface area contributed by atoms with Gasteiger partial charge in [-0.3, -0.25) is 32.5 Å². The molecule has 4 N–H and O–H groups in total. The zero-order valence-electron chi connectivity index (χ0n) is 55.6. The van der Waals surface area contributed by atoms with Crippen molar-refractivity contribution in [1.29, 1.82) is 0 Å². The quantitative estimate of drug-likeness (QED) is 0.0146. The highest BCUT2D eigenvalue weighted by atomic mass is 31.2. The van der Waals surface area contributed by atoms with E-state index in [1.165, 1.54) is 77.0 Å². The van der Waals surface area contributed by atoms with Gasteiger partial charge in [0.15, 0.2) is 6.10 Å². The first-order valence-corrected chi connectivity index (χ1v) is 37.5. The van der Waals surface area contributed by atoms with E-state index in [0.29, 0.717) is 19.3 Å². The number of carbonyl (C=O) groups excluding carboxylic acids is 3. The molecule has 0 aromatic carbocycles. The Balaban J connectivity index is 4.53. The van der Waals surface area contributed by atoms with Crippen LogP contribution >= 0.6 is 15.6 Å². The molecular weight excluding hydrogens is 1170 g/mol. The lowest BCUT2D eigenvalue weighted by Crippen LogP contribution is -2.30. The summed E-state index contributed by atoms with van der Waals surface area (Å²) in [6.45, 7) is 2.42. The van der Waals surface area contributed by atoms with Gasteiger partial charge in [-0.1, -0.05) is 259 Å². The molecule has 0 saturated heterocycles. The third-order valence-electron chi connectivity index (χ3n) is 14.3. The van der Waals surface area contributed by atoms with Gasteiger partial charge in [0, 0.05) is 19.3 Å². The van der Waals surface area contributed by atoms with Crippen molar-refractivity contribution < 1.29 is 75.8 Å². The Labute approximate surface area is 539 Å². The molecule has 5 unspecified atom stereocenters. The van der Waals surface area contributed by atoms with Crippen molar-refractivity contribution in [3.8, 4) is 0 Å². The van der Waals surface area contributed by atoms with Crippen LogP contribution in [0.25, 0.3) is 0 Å². The van der Waals surface area contributed by atoms with Gasteiger partial charge in [-0.15, -0.1) is 0 Å². The minimum Gasteiger partial charge on any atom is -0.463 e. The monoisotopic (exact) mass is 1290 g/mol. The highest BCUT2D eigenvalue weighted by Gasteiger charge is 2.29. The molecule has 0 rings (SSSR count). The Bertz CT molecular complexity index is 2010. The molecule has 0 aliphatic rings. The maximum absolute atomic E-state index is 12.9. The van der Waals surface area contributed by atoms with Crippen molar-refractivity contribution >= 4 is 33.6 Å². The fraction of sp³-hybridized carbons (Fsp3) is 0.732. The van der Waals surface area contributed by atoms with Crippen LogP contribution in [0.2, 0.25) is 0 Å². The van der Waals surface area contributed by atoms with Crippen molar-refractivity contribution in [2.75, 3.05) is 39.6 Å². The average Bonchev–Trinajstić information content (AvgIpc) is 3.70. The molecule has 16 nitrogen and oxygen atoms in total. The van der Waals surface area contributed by atoms with Gasteiger partial charge in [0.2, 0.25) is 0 Å². The number of esters is 3. The number of carbonyl (C=O) groups is 3. The molecule has 0 aliphatic heterocycles. The zero-order chi connectivity index (χ0) is 65.3. The number of hydrogen-bond donors (Lipinski definition) is 4. The largest absolute Gasteiger partial charge is 0.472 e. The van der Waals surface area contributed by atoms with Gasteiger partial charge < -0.3 is 34.2 Å². The molecule has 0 aliphatic carbocycles. The van der Waals surface area contributed by atoms with E-state index in [0.717, 1.165) is 141 Å². The second kappa shape index (κ2) is 64.6. The molecule has 0 saturated carbocycles. The lowest BCUT2D eigenvalue weighted by Gasteiger charge is -2.21. The number of phosphoric ester groups is 2. The average molecular weight is 1300 g/mol. The summed E-state index contributed by atoms with van der Waals surface area (Å²) < 4.78 is 60.8. The normalized spacial score (nSPS) is 14.8. The van der Waals surface area contributed by atoms with E-state index in [1.807, 2.05) is 0 Å². The van der Waals surface area contributed by atoms with Gasteiger partial charge in [0.1, 0.15) is 25.4 Å². The first-order valence-electron chi connectivity index (χ1n) is 34.5. The Morgan fingerprint density at radius 1 is 0.326 bits per heavy atom. The number of aliphatic hydroxyl groups excluding tert-OH is 2. The van der Waals surface area contributed by atoms with Crippen LogP contribution in [0.1, 0.15) is 278 Å². The van der Waals surface area contributed by atoms with Crippen molar-refractivity contribution in [3.05, 3.63) is 97.2 Å². The molecule has 0 bridgehead atoms. The topological polar surface area (TPSA) is 231 Å². The Morgan fingerprint density at radius 2 is 0.596 bits per heavy atom. The number of ether oxygens (including phenoxy) is 3. The van der Waals surface area contributed by atoms with Gasteiger partial charge in [-0.25, -0.2) is 9.13 Å². The van der Waals surface area contributed by atoms with E-state index >= 15 is 0 Å². The molecule has 0 spiro atoms. The summed E-state index contributed by atoms with van der Waals surface area (Å²) in [5, 5.41) is 20.5. The van der Waals surface area contributed by atoms with Gasteiger partial charge in [-0.2, -0.15) is 0 Å². The molecule has 514 valence electrons. The molecule has 0 amide bonds. The van der Waals surface area contributed by atoms with Gasteiger partial charge >= 0.3 is 33.6 Å². The standard InChI is InChI=1S/C71H124O16P2/c1-4-7-10-13-16-19-22-25-27-28-29-30-31-32-33-34-35-36-38-41-42-45-48-51-54-57-69(74)81-60-66(72)61-83-88(77,78)84-62-67(73)63-85-89(79,80)86-65-68(87-71(76)59-56-53-50-47-44-39-24-21-18-15-12-9-6-3)64-82-70(75)58-55-52-49-46-43-40-37-26-23-20-17-14-11-8-5-2/h7-8,10-11,16-17,19-20,25-27,29-30,32-33,37,66-68,72-73H,4-6,9,12-15,18,21-24,28,31,34-36,38-65H2,1-3H3,(H,77,78)(H,79,80)/b10-7-,11-8-,19-16-,20-17-,27-25-,30-29-,33-32-,37-26-. The number of unbranched alkanes of at least 4 members (excludes halogenated alkanes) is 26.